The van der Waals surface area contributed by atoms with E-state index in [2.05, 4.69) is 17.1 Å². The number of amidine groups is 1. The molecule has 1 saturated carbocycles. The lowest BCUT2D eigenvalue weighted by Crippen LogP contribution is -2.44. The molecule has 0 spiro atoms. The highest BCUT2D eigenvalue weighted by Gasteiger charge is 2.99. The van der Waals surface area contributed by atoms with Gasteiger partial charge in [0.1, 0.15) is 5.84 Å². The molecule has 22 heavy (non-hydrogen) atoms. The van der Waals surface area contributed by atoms with Crippen molar-refractivity contribution in [2.24, 2.45) is 21.6 Å². The normalized spacial score (nSPS) is 37.6. The zero-order valence-electron chi connectivity index (χ0n) is 12.6. The lowest BCUT2D eigenvalue weighted by Gasteiger charge is -2.32. The van der Waals surface area contributed by atoms with Gasteiger partial charge in [-0.05, 0) is 5.56 Å². The maximum Gasteiger partial charge on any atom is 0.293 e. The lowest BCUT2D eigenvalue weighted by atomic mass is 9.84. The number of nitriles is 2. The molecule has 6 heteroatoms. The molecule has 1 fully saturated rings. The van der Waals surface area contributed by atoms with Crippen LogP contribution in [0.1, 0.15) is 12.5 Å². The molecule has 0 unspecified atom stereocenters. The van der Waals surface area contributed by atoms with E-state index in [0.717, 1.165) is 5.56 Å². The SMILES string of the molecule is COC1(OC)N=C(N)[C@@]2(C#N)[C@@](C)(c3ccccc3)[C@@]12C#N. The van der Waals surface area contributed by atoms with Crippen LogP contribution >= 0.6 is 0 Å². The van der Waals surface area contributed by atoms with E-state index in [1.54, 1.807) is 0 Å². The standard InChI is InChI=1S/C16H16N4O2/c1-13(11-7-5-4-6-8-11)14(9-17)12(19)20-16(21-2,22-3)15(13,14)10-18/h4-8H,1-3H3,(H2,19,20)/t13-,14+,15-/m1/s1. The van der Waals surface area contributed by atoms with Gasteiger partial charge in [-0.3, -0.25) is 0 Å². The lowest BCUT2D eigenvalue weighted by molar-refractivity contribution is -0.233. The van der Waals surface area contributed by atoms with Crippen LogP contribution in [0.15, 0.2) is 35.3 Å². The molecule has 1 aromatic rings. The largest absolute Gasteiger partial charge is 0.386 e. The van der Waals surface area contributed by atoms with E-state index in [4.69, 9.17) is 15.2 Å². The highest BCUT2D eigenvalue weighted by atomic mass is 16.7. The quantitative estimate of drug-likeness (QED) is 0.846. The Morgan fingerprint density at radius 2 is 1.68 bits per heavy atom. The van der Waals surface area contributed by atoms with E-state index < -0.39 is 22.2 Å². The van der Waals surface area contributed by atoms with Gasteiger partial charge in [-0.15, -0.1) is 0 Å². The summed E-state index contributed by atoms with van der Waals surface area (Å²) in [6, 6.07) is 13.8. The van der Waals surface area contributed by atoms with Gasteiger partial charge in [0.2, 0.25) is 0 Å². The summed E-state index contributed by atoms with van der Waals surface area (Å²) in [5.74, 6) is -1.52. The molecular weight excluding hydrogens is 280 g/mol. The van der Waals surface area contributed by atoms with Gasteiger partial charge in [0.25, 0.3) is 5.91 Å². The third-order valence-electron chi connectivity index (χ3n) is 5.37. The van der Waals surface area contributed by atoms with Gasteiger partial charge in [0.05, 0.1) is 12.1 Å². The van der Waals surface area contributed by atoms with Crippen molar-refractivity contribution >= 4 is 5.84 Å². The molecule has 1 heterocycles. The Morgan fingerprint density at radius 1 is 1.09 bits per heavy atom. The van der Waals surface area contributed by atoms with Gasteiger partial charge in [0, 0.05) is 19.6 Å². The Hall–Kier alpha value is -2.41. The minimum absolute atomic E-state index is 0.0756. The average molecular weight is 296 g/mol. The summed E-state index contributed by atoms with van der Waals surface area (Å²) in [5.41, 5.74) is 3.43. The number of hydrogen-bond acceptors (Lipinski definition) is 6. The highest BCUT2D eigenvalue weighted by molar-refractivity contribution is 6.02. The molecule has 0 saturated heterocycles. The summed E-state index contributed by atoms with van der Waals surface area (Å²) in [7, 11) is 2.80. The molecule has 0 aromatic heterocycles. The van der Waals surface area contributed by atoms with E-state index in [1.165, 1.54) is 14.2 Å². The van der Waals surface area contributed by atoms with Crippen LogP contribution in [-0.4, -0.2) is 26.0 Å². The number of ether oxygens (including phenoxy) is 2. The maximum atomic E-state index is 9.99. The number of nitrogens with zero attached hydrogens (tertiary/aromatic N) is 3. The summed E-state index contributed by atoms with van der Waals surface area (Å²) in [6.07, 6.45) is 0. The number of rotatable bonds is 3. The third-order valence-corrected chi connectivity index (χ3v) is 5.37. The minimum Gasteiger partial charge on any atom is -0.386 e. The molecule has 0 amide bonds. The Labute approximate surface area is 128 Å². The van der Waals surface area contributed by atoms with Crippen molar-refractivity contribution in [3.05, 3.63) is 35.9 Å². The van der Waals surface area contributed by atoms with Crippen LogP contribution in [0.3, 0.4) is 0 Å². The van der Waals surface area contributed by atoms with E-state index in [0.29, 0.717) is 0 Å². The first-order chi connectivity index (χ1) is 10.5. The number of methoxy groups -OCH3 is 2. The fourth-order valence-corrected chi connectivity index (χ4v) is 4.25. The summed E-state index contributed by atoms with van der Waals surface area (Å²) in [4.78, 5) is 4.20. The van der Waals surface area contributed by atoms with Gasteiger partial charge in [0.15, 0.2) is 10.8 Å². The predicted molar refractivity (Wildman–Crippen MR) is 78.3 cm³/mol. The first-order valence-electron chi connectivity index (χ1n) is 6.82. The van der Waals surface area contributed by atoms with Gasteiger partial charge in [-0.2, -0.15) is 10.5 Å². The summed E-state index contributed by atoms with van der Waals surface area (Å²) in [6.45, 7) is 1.84. The molecule has 2 N–H and O–H groups in total. The molecule has 0 bridgehead atoms. The van der Waals surface area contributed by atoms with Gasteiger partial charge in [-0.1, -0.05) is 37.3 Å². The van der Waals surface area contributed by atoms with Gasteiger partial charge < -0.3 is 15.2 Å². The van der Waals surface area contributed by atoms with Crippen molar-refractivity contribution < 1.29 is 9.47 Å². The number of aliphatic imine (C=N–C) groups is 1. The van der Waals surface area contributed by atoms with E-state index in [9.17, 15) is 10.5 Å². The third kappa shape index (κ3) is 1.03. The van der Waals surface area contributed by atoms with Crippen LogP contribution in [0, 0.1) is 33.5 Å². The first kappa shape index (κ1) is 14.5. The zero-order valence-corrected chi connectivity index (χ0v) is 12.6. The van der Waals surface area contributed by atoms with Crippen LogP contribution in [0.2, 0.25) is 0 Å². The van der Waals surface area contributed by atoms with Crippen LogP contribution < -0.4 is 5.73 Å². The molecule has 2 aliphatic rings. The van der Waals surface area contributed by atoms with E-state index >= 15 is 0 Å². The van der Waals surface area contributed by atoms with Gasteiger partial charge >= 0.3 is 0 Å². The number of fused-ring (bicyclic) bond motifs is 1. The van der Waals surface area contributed by atoms with E-state index in [-0.39, 0.29) is 5.84 Å². The monoisotopic (exact) mass is 296 g/mol. The fourth-order valence-electron chi connectivity index (χ4n) is 4.25. The molecule has 1 aromatic carbocycles. The van der Waals surface area contributed by atoms with Crippen LogP contribution in [0.5, 0.6) is 0 Å². The Morgan fingerprint density at radius 3 is 2.14 bits per heavy atom. The molecule has 112 valence electrons. The van der Waals surface area contributed by atoms with Gasteiger partial charge in [-0.25, -0.2) is 4.99 Å². The predicted octanol–water partition coefficient (Wildman–Crippen LogP) is 1.30. The van der Waals surface area contributed by atoms with Crippen LogP contribution in [0.25, 0.3) is 0 Å². The molecule has 1 aliphatic heterocycles. The highest BCUT2D eigenvalue weighted by Crippen LogP contribution is 2.85. The maximum absolute atomic E-state index is 9.99. The molecule has 0 radical (unpaired) electrons. The van der Waals surface area contributed by atoms with Crippen molar-refractivity contribution in [1.82, 2.24) is 0 Å². The summed E-state index contributed by atoms with van der Waals surface area (Å²) < 4.78 is 10.9. The van der Waals surface area contributed by atoms with Crippen LogP contribution in [-0.2, 0) is 14.9 Å². The van der Waals surface area contributed by atoms with Crippen molar-refractivity contribution in [3.8, 4) is 12.1 Å². The Kier molecular flexibility index (Phi) is 2.69. The second kappa shape index (κ2) is 4.07. The fraction of sp³-hybridized carbons (Fsp3) is 0.438. The van der Waals surface area contributed by atoms with Crippen LogP contribution in [0.4, 0.5) is 0 Å². The second-order valence-electron chi connectivity index (χ2n) is 5.70. The van der Waals surface area contributed by atoms with Crippen molar-refractivity contribution in [2.45, 2.75) is 18.2 Å². The number of hydrogen-bond donors (Lipinski definition) is 1. The summed E-state index contributed by atoms with van der Waals surface area (Å²) in [5, 5.41) is 19.9. The molecule has 3 rings (SSSR count). The smallest absolute Gasteiger partial charge is 0.293 e. The topological polar surface area (TPSA) is 104 Å². The molecular formula is C16H16N4O2. The molecule has 3 atom stereocenters. The zero-order chi connectivity index (χ0) is 16.2. The molecule has 6 nitrogen and oxygen atoms in total. The Bertz CT molecular complexity index is 744. The Balaban J connectivity index is 2.36. The second-order valence-corrected chi connectivity index (χ2v) is 5.70. The number of benzene rings is 1. The van der Waals surface area contributed by atoms with E-state index in [1.807, 2.05) is 37.3 Å². The van der Waals surface area contributed by atoms with Crippen molar-refractivity contribution in [3.63, 3.8) is 0 Å². The first-order valence-corrected chi connectivity index (χ1v) is 6.82. The summed E-state index contributed by atoms with van der Waals surface area (Å²) >= 11 is 0. The number of nitrogens with two attached hydrogens (primary N) is 1. The van der Waals surface area contributed by atoms with Crippen molar-refractivity contribution in [1.29, 1.82) is 10.5 Å². The molecule has 1 aliphatic carbocycles. The minimum atomic E-state index is -1.59. The van der Waals surface area contributed by atoms with Crippen molar-refractivity contribution in [2.75, 3.05) is 14.2 Å². The average Bonchev–Trinajstić information content (AvgIpc) is 2.98.